The highest BCUT2D eigenvalue weighted by Gasteiger charge is 2.21. The lowest BCUT2D eigenvalue weighted by atomic mass is 9.87. The molecule has 0 aliphatic heterocycles. The van der Waals surface area contributed by atoms with Crippen LogP contribution in [-0.2, 0) is 15.4 Å². The molecule has 0 aliphatic carbocycles. The van der Waals surface area contributed by atoms with Crippen LogP contribution in [0, 0.1) is 0 Å². The van der Waals surface area contributed by atoms with E-state index in [4.69, 9.17) is 0 Å². The molecular formula is C19H20N2O2S. The largest absolute Gasteiger partial charge is 0.269 e. The zero-order chi connectivity index (χ0) is 17.4. The van der Waals surface area contributed by atoms with E-state index in [2.05, 4.69) is 25.8 Å². The number of hydrogen-bond acceptors (Lipinski definition) is 3. The third kappa shape index (κ3) is 2.99. The Morgan fingerprint density at radius 1 is 0.917 bits per heavy atom. The minimum Gasteiger partial charge on any atom is -0.236 e. The standard InChI is InChI=1S/C19H20N2O2S/c1-19(2,3)16-11-9-15(10-12-16)18-20-13-14-21(18)24(22,23)17-7-5-4-6-8-17/h4-14H,1-3H3. The fraction of sp³-hybridized carbons (Fsp3) is 0.211. The molecule has 0 bridgehead atoms. The molecule has 24 heavy (non-hydrogen) atoms. The maximum absolute atomic E-state index is 12.8. The second-order valence-corrected chi connectivity index (χ2v) is 8.51. The number of rotatable bonds is 3. The van der Waals surface area contributed by atoms with Gasteiger partial charge in [0.2, 0.25) is 0 Å². The first kappa shape index (κ1) is 16.5. The highest BCUT2D eigenvalue weighted by molar-refractivity contribution is 7.90. The lowest BCUT2D eigenvalue weighted by molar-refractivity contribution is 0.587. The van der Waals surface area contributed by atoms with Crippen molar-refractivity contribution in [1.82, 2.24) is 8.96 Å². The fourth-order valence-corrected chi connectivity index (χ4v) is 3.84. The summed E-state index contributed by atoms with van der Waals surface area (Å²) in [5, 5.41) is 0. The van der Waals surface area contributed by atoms with Crippen LogP contribution in [0.25, 0.3) is 11.4 Å². The molecule has 0 unspecified atom stereocenters. The molecule has 1 aromatic heterocycles. The zero-order valence-electron chi connectivity index (χ0n) is 14.0. The van der Waals surface area contributed by atoms with Crippen molar-refractivity contribution in [1.29, 1.82) is 0 Å². The Bertz CT molecular complexity index is 935. The summed E-state index contributed by atoms with van der Waals surface area (Å²) in [5.74, 6) is 0.416. The molecule has 124 valence electrons. The van der Waals surface area contributed by atoms with Gasteiger partial charge in [-0.3, -0.25) is 0 Å². The van der Waals surface area contributed by atoms with Crippen molar-refractivity contribution in [2.24, 2.45) is 0 Å². The maximum Gasteiger partial charge on any atom is 0.269 e. The summed E-state index contributed by atoms with van der Waals surface area (Å²) in [6, 6.07) is 16.2. The molecule has 0 N–H and O–H groups in total. The molecule has 0 saturated carbocycles. The van der Waals surface area contributed by atoms with E-state index in [1.54, 1.807) is 30.3 Å². The Morgan fingerprint density at radius 2 is 1.54 bits per heavy atom. The molecule has 0 radical (unpaired) electrons. The van der Waals surface area contributed by atoms with Crippen LogP contribution in [-0.4, -0.2) is 17.4 Å². The van der Waals surface area contributed by atoms with Gasteiger partial charge in [-0.2, -0.15) is 0 Å². The van der Waals surface area contributed by atoms with Gasteiger partial charge < -0.3 is 0 Å². The van der Waals surface area contributed by atoms with Crippen LogP contribution in [0.15, 0.2) is 71.9 Å². The van der Waals surface area contributed by atoms with E-state index in [0.717, 1.165) is 5.56 Å². The van der Waals surface area contributed by atoms with E-state index in [1.807, 2.05) is 24.3 Å². The molecule has 0 fully saturated rings. The monoisotopic (exact) mass is 340 g/mol. The van der Waals surface area contributed by atoms with Gasteiger partial charge in [-0.05, 0) is 23.1 Å². The van der Waals surface area contributed by atoms with E-state index in [1.165, 1.54) is 21.9 Å². The summed E-state index contributed by atoms with van der Waals surface area (Å²) in [4.78, 5) is 4.50. The van der Waals surface area contributed by atoms with Gasteiger partial charge in [0.05, 0.1) is 4.90 Å². The Balaban J connectivity index is 2.06. The van der Waals surface area contributed by atoms with Gasteiger partial charge in [-0.15, -0.1) is 0 Å². The van der Waals surface area contributed by atoms with Crippen LogP contribution < -0.4 is 0 Å². The van der Waals surface area contributed by atoms with Crippen molar-refractivity contribution in [2.75, 3.05) is 0 Å². The number of imidazole rings is 1. The van der Waals surface area contributed by atoms with Gasteiger partial charge in [0, 0.05) is 18.0 Å². The van der Waals surface area contributed by atoms with E-state index in [-0.39, 0.29) is 10.3 Å². The second kappa shape index (κ2) is 5.91. The van der Waals surface area contributed by atoms with Crippen LogP contribution in [0.4, 0.5) is 0 Å². The number of hydrogen-bond donors (Lipinski definition) is 0. The molecular weight excluding hydrogens is 320 g/mol. The second-order valence-electron chi connectivity index (χ2n) is 6.69. The molecule has 5 heteroatoms. The molecule has 2 aromatic carbocycles. The Labute approximate surface area is 142 Å². The van der Waals surface area contributed by atoms with E-state index in [0.29, 0.717) is 5.82 Å². The van der Waals surface area contributed by atoms with E-state index < -0.39 is 10.0 Å². The summed E-state index contributed by atoms with van der Waals surface area (Å²) in [6.07, 6.45) is 2.99. The van der Waals surface area contributed by atoms with Crippen molar-refractivity contribution < 1.29 is 8.42 Å². The third-order valence-corrected chi connectivity index (χ3v) is 5.60. The average Bonchev–Trinajstić information content (AvgIpc) is 3.05. The van der Waals surface area contributed by atoms with Gasteiger partial charge in [-0.1, -0.05) is 63.2 Å². The minimum atomic E-state index is -3.66. The third-order valence-electron chi connectivity index (χ3n) is 3.92. The number of aromatic nitrogens is 2. The van der Waals surface area contributed by atoms with E-state index in [9.17, 15) is 8.42 Å². The van der Waals surface area contributed by atoms with Crippen molar-refractivity contribution in [3.8, 4) is 11.4 Å². The van der Waals surface area contributed by atoms with Crippen molar-refractivity contribution >= 4 is 10.0 Å². The first-order valence-corrected chi connectivity index (χ1v) is 9.19. The van der Waals surface area contributed by atoms with Gasteiger partial charge in [0.1, 0.15) is 0 Å². The summed E-state index contributed by atoms with van der Waals surface area (Å²) in [7, 11) is -3.66. The minimum absolute atomic E-state index is 0.0457. The smallest absolute Gasteiger partial charge is 0.236 e. The van der Waals surface area contributed by atoms with Crippen LogP contribution in [0.2, 0.25) is 0 Å². The first-order valence-electron chi connectivity index (χ1n) is 7.75. The van der Waals surface area contributed by atoms with Gasteiger partial charge in [-0.25, -0.2) is 17.4 Å². The summed E-state index contributed by atoms with van der Waals surface area (Å²) in [5.41, 5.74) is 2.01. The van der Waals surface area contributed by atoms with Crippen LogP contribution in [0.5, 0.6) is 0 Å². The predicted octanol–water partition coefficient (Wildman–Crippen LogP) is 4.08. The molecule has 1 heterocycles. The summed E-state index contributed by atoms with van der Waals surface area (Å²) >= 11 is 0. The van der Waals surface area contributed by atoms with Crippen molar-refractivity contribution in [3.63, 3.8) is 0 Å². The number of nitrogens with zero attached hydrogens (tertiary/aromatic N) is 2. The predicted molar refractivity (Wildman–Crippen MR) is 95.4 cm³/mol. The topological polar surface area (TPSA) is 52.0 Å². The van der Waals surface area contributed by atoms with E-state index >= 15 is 0 Å². The normalized spacial score (nSPS) is 12.3. The van der Waals surface area contributed by atoms with Gasteiger partial charge >= 0.3 is 0 Å². The number of benzene rings is 2. The zero-order valence-corrected chi connectivity index (χ0v) is 14.8. The molecule has 3 rings (SSSR count). The van der Waals surface area contributed by atoms with Crippen LogP contribution in [0.3, 0.4) is 0 Å². The maximum atomic E-state index is 12.8. The van der Waals surface area contributed by atoms with Crippen molar-refractivity contribution in [3.05, 3.63) is 72.6 Å². The lowest BCUT2D eigenvalue weighted by Gasteiger charge is -2.19. The molecule has 0 amide bonds. The Hall–Kier alpha value is -2.40. The SMILES string of the molecule is CC(C)(C)c1ccc(-c2nccn2S(=O)(=O)c2ccccc2)cc1. The molecule has 0 aliphatic rings. The summed E-state index contributed by atoms with van der Waals surface area (Å²) < 4.78 is 26.9. The average molecular weight is 340 g/mol. The molecule has 0 saturated heterocycles. The van der Waals surface area contributed by atoms with Crippen molar-refractivity contribution in [2.45, 2.75) is 31.1 Å². The molecule has 0 atom stereocenters. The van der Waals surface area contributed by atoms with Gasteiger partial charge in [0.15, 0.2) is 5.82 Å². The lowest BCUT2D eigenvalue weighted by Crippen LogP contribution is -2.14. The fourth-order valence-electron chi connectivity index (χ4n) is 2.51. The van der Waals surface area contributed by atoms with Gasteiger partial charge in [0.25, 0.3) is 10.0 Å². The highest BCUT2D eigenvalue weighted by Crippen LogP contribution is 2.27. The molecule has 3 aromatic rings. The Morgan fingerprint density at radius 3 is 2.12 bits per heavy atom. The first-order chi connectivity index (χ1) is 11.3. The highest BCUT2D eigenvalue weighted by atomic mass is 32.2. The summed E-state index contributed by atoms with van der Waals surface area (Å²) in [6.45, 7) is 6.43. The Kier molecular flexibility index (Phi) is 4.05. The van der Waals surface area contributed by atoms with Crippen LogP contribution >= 0.6 is 0 Å². The quantitative estimate of drug-likeness (QED) is 0.722. The van der Waals surface area contributed by atoms with Crippen LogP contribution in [0.1, 0.15) is 26.3 Å². The molecule has 4 nitrogen and oxygen atoms in total. The molecule has 0 spiro atoms.